The van der Waals surface area contributed by atoms with Crippen molar-refractivity contribution in [2.45, 2.75) is 25.4 Å². The van der Waals surface area contributed by atoms with E-state index in [4.69, 9.17) is 0 Å². The summed E-state index contributed by atoms with van der Waals surface area (Å²) in [5, 5.41) is 29.9. The fraction of sp³-hybridized carbons (Fsp3) is 0.400. The molecule has 1 aromatic heterocycles. The van der Waals surface area contributed by atoms with Crippen LogP contribution in [0.3, 0.4) is 0 Å². The van der Waals surface area contributed by atoms with Crippen LogP contribution in [0.5, 0.6) is 0 Å². The number of hydrogen-bond acceptors (Lipinski definition) is 8. The molecule has 1 heterocycles. The average molecular weight is 465 g/mol. The number of aromatic nitrogens is 2. The first-order chi connectivity index (χ1) is 12.8. The molecule has 0 aliphatic heterocycles. The molecule has 0 amide bonds. The topological polar surface area (TPSA) is 138 Å². The molecule has 0 aliphatic rings. The van der Waals surface area contributed by atoms with Crippen molar-refractivity contribution in [2.75, 3.05) is 12.8 Å². The fourth-order valence-corrected chi connectivity index (χ4v) is 3.59. The van der Waals surface area contributed by atoms with Gasteiger partial charge in [-0.1, -0.05) is 16.4 Å². The van der Waals surface area contributed by atoms with Gasteiger partial charge in [0.05, 0.1) is 16.3 Å². The fourth-order valence-electron chi connectivity index (χ4n) is 2.32. The number of rotatable bonds is 9. The largest absolute Gasteiger partial charge is 0.411 e. The van der Waals surface area contributed by atoms with Crippen molar-refractivity contribution >= 4 is 31.7 Å². The third-order valence-electron chi connectivity index (χ3n) is 3.74. The van der Waals surface area contributed by atoms with Crippen molar-refractivity contribution in [3.8, 4) is 0 Å². The van der Waals surface area contributed by atoms with E-state index in [0.717, 1.165) is 0 Å². The molecule has 2 aromatic rings. The van der Waals surface area contributed by atoms with Gasteiger partial charge in [-0.3, -0.25) is 0 Å². The van der Waals surface area contributed by atoms with Gasteiger partial charge in [-0.25, -0.2) is 22.2 Å². The maximum atomic E-state index is 13.3. The lowest BCUT2D eigenvalue weighted by atomic mass is 10.0. The van der Waals surface area contributed by atoms with Crippen molar-refractivity contribution in [3.05, 3.63) is 45.4 Å². The van der Waals surface area contributed by atoms with Crippen molar-refractivity contribution in [1.82, 2.24) is 15.0 Å². The highest BCUT2D eigenvalue weighted by atomic mass is 79.9. The van der Waals surface area contributed by atoms with Crippen LogP contribution in [0.2, 0.25) is 0 Å². The predicted molar refractivity (Wildman–Crippen MR) is 97.6 cm³/mol. The molecule has 27 heavy (non-hydrogen) atoms. The summed E-state index contributed by atoms with van der Waals surface area (Å²) in [4.78, 5) is 0. The van der Waals surface area contributed by atoms with E-state index >= 15 is 0 Å². The van der Waals surface area contributed by atoms with E-state index in [2.05, 4.69) is 40.8 Å². The Bertz CT molecular complexity index is 919. The number of aryl methyl sites for hydroxylation is 1. The number of nitrogens with one attached hydrogen (secondary N) is 1. The summed E-state index contributed by atoms with van der Waals surface area (Å²) >= 11 is 3.09. The number of nitrogens with zero attached hydrogens (tertiary/aromatic N) is 3. The van der Waals surface area contributed by atoms with E-state index in [0.29, 0.717) is 11.3 Å². The lowest BCUT2D eigenvalue weighted by molar-refractivity contribution is 0.186. The molecule has 0 spiro atoms. The van der Waals surface area contributed by atoms with E-state index < -0.39 is 27.7 Å². The van der Waals surface area contributed by atoms with Crippen LogP contribution in [0.15, 0.2) is 32.5 Å². The minimum atomic E-state index is -3.55. The highest BCUT2D eigenvalue weighted by Gasteiger charge is 2.21. The molecule has 1 aromatic carbocycles. The van der Waals surface area contributed by atoms with Gasteiger partial charge in [0.25, 0.3) is 0 Å². The second-order valence-corrected chi connectivity index (χ2v) is 8.53. The smallest absolute Gasteiger partial charge is 0.213 e. The second-order valence-electron chi connectivity index (χ2n) is 5.71. The molecular formula is C15H18BrFN4O5S. The van der Waals surface area contributed by atoms with Crippen molar-refractivity contribution in [2.24, 2.45) is 5.16 Å². The Labute approximate surface area is 163 Å². The summed E-state index contributed by atoms with van der Waals surface area (Å²) in [7, 11) is -2.28. The van der Waals surface area contributed by atoms with Gasteiger partial charge in [0.2, 0.25) is 10.0 Å². The summed E-state index contributed by atoms with van der Waals surface area (Å²) in [5.41, 5.74) is 1.29. The zero-order valence-electron chi connectivity index (χ0n) is 14.3. The number of benzene rings is 1. The first kappa shape index (κ1) is 21.4. The third kappa shape index (κ3) is 6.06. The summed E-state index contributed by atoms with van der Waals surface area (Å²) < 4.78 is 43.3. The molecule has 9 nitrogen and oxygen atoms in total. The Morgan fingerprint density at radius 2 is 2.19 bits per heavy atom. The lowest BCUT2D eigenvalue weighted by Crippen LogP contribution is -2.29. The van der Waals surface area contributed by atoms with Crippen LogP contribution in [0.4, 0.5) is 4.39 Å². The van der Waals surface area contributed by atoms with Gasteiger partial charge in [0, 0.05) is 6.42 Å². The Balaban J connectivity index is 2.08. The highest BCUT2D eigenvalue weighted by molar-refractivity contribution is 9.10. The van der Waals surface area contributed by atoms with E-state index in [1.807, 2.05) is 0 Å². The van der Waals surface area contributed by atoms with E-state index in [1.54, 1.807) is 6.07 Å². The average Bonchev–Trinajstić information content (AvgIpc) is 3.09. The number of oxime groups is 1. The monoisotopic (exact) mass is 464 g/mol. The molecule has 148 valence electrons. The third-order valence-corrected chi connectivity index (χ3v) is 5.80. The Morgan fingerprint density at radius 1 is 1.44 bits per heavy atom. The minimum absolute atomic E-state index is 0.0862. The van der Waals surface area contributed by atoms with Gasteiger partial charge >= 0.3 is 0 Å². The summed E-state index contributed by atoms with van der Waals surface area (Å²) in [5.74, 6) is -0.871. The van der Waals surface area contributed by atoms with Crippen LogP contribution < -0.4 is 4.72 Å². The number of aliphatic hydroxyl groups is 1. The van der Waals surface area contributed by atoms with Crippen molar-refractivity contribution < 1.29 is 27.8 Å². The number of hydrogen-bond donors (Lipinski definition) is 3. The molecule has 3 N–H and O–H groups in total. The van der Waals surface area contributed by atoms with E-state index in [9.17, 15) is 23.1 Å². The molecule has 1 atom stereocenters. The summed E-state index contributed by atoms with van der Waals surface area (Å²) in [6.45, 7) is 0. The zero-order valence-corrected chi connectivity index (χ0v) is 16.7. The van der Waals surface area contributed by atoms with Gasteiger partial charge in [0.15, 0.2) is 5.69 Å². The Morgan fingerprint density at radius 3 is 2.81 bits per heavy atom. The molecule has 2 rings (SSSR count). The minimum Gasteiger partial charge on any atom is -0.411 e. The van der Waals surface area contributed by atoms with Crippen LogP contribution in [-0.4, -0.2) is 53.7 Å². The van der Waals surface area contributed by atoms with Crippen LogP contribution in [-0.2, 0) is 22.9 Å². The first-order valence-electron chi connectivity index (χ1n) is 7.81. The zero-order chi connectivity index (χ0) is 20.0. The van der Waals surface area contributed by atoms with E-state index in [1.165, 1.54) is 19.2 Å². The molecular weight excluding hydrogens is 447 g/mol. The number of aliphatic hydroxyl groups excluding tert-OH is 1. The van der Waals surface area contributed by atoms with Crippen LogP contribution >= 0.6 is 15.9 Å². The molecule has 0 radical (unpaired) electrons. The van der Waals surface area contributed by atoms with Crippen LogP contribution in [0.25, 0.3) is 0 Å². The lowest BCUT2D eigenvalue weighted by Gasteiger charge is -2.10. The predicted octanol–water partition coefficient (Wildman–Crippen LogP) is 1.23. The van der Waals surface area contributed by atoms with Crippen LogP contribution in [0, 0.1) is 5.82 Å². The van der Waals surface area contributed by atoms with Crippen molar-refractivity contribution in [1.29, 1.82) is 0 Å². The van der Waals surface area contributed by atoms with Gasteiger partial charge in [-0.05, 0) is 58.7 Å². The van der Waals surface area contributed by atoms with Crippen molar-refractivity contribution in [3.63, 3.8) is 0 Å². The molecule has 12 heteroatoms. The molecule has 0 aliphatic carbocycles. The summed E-state index contributed by atoms with van der Waals surface area (Å²) in [6.07, 6.45) is -0.740. The molecule has 0 saturated heterocycles. The molecule has 0 bridgehead atoms. The summed E-state index contributed by atoms with van der Waals surface area (Å²) in [6, 6.07) is 4.35. The highest BCUT2D eigenvalue weighted by Crippen LogP contribution is 2.19. The van der Waals surface area contributed by atoms with E-state index in [-0.39, 0.29) is 35.1 Å². The molecule has 0 saturated carbocycles. The second kappa shape index (κ2) is 9.35. The van der Waals surface area contributed by atoms with Crippen LogP contribution in [0.1, 0.15) is 23.4 Å². The van der Waals surface area contributed by atoms with Gasteiger partial charge in [-0.15, -0.1) is 0 Å². The van der Waals surface area contributed by atoms with Gasteiger partial charge in [-0.2, -0.15) is 0 Å². The SMILES string of the molecule is CNS(=O)(=O)CC(O)CCc1nonc1/C(Cc1ccc(F)c(Br)c1)=N/O. The maximum absolute atomic E-state index is 13.3. The standard InChI is InChI=1S/C15H18BrFN4O5S/c1-18-27(24,25)8-10(22)3-5-13-15(21-26-20-13)14(19-23)7-9-2-4-12(17)11(16)6-9/h2,4,6,10,18,22-23H,3,5,7-8H2,1H3/b19-14+. The maximum Gasteiger partial charge on any atom is 0.213 e. The molecule has 0 fully saturated rings. The Hall–Kier alpha value is -1.89. The van der Waals surface area contributed by atoms with Gasteiger partial charge < -0.3 is 10.3 Å². The number of sulfonamides is 1. The quantitative estimate of drug-likeness (QED) is 0.288. The Kier molecular flexibility index (Phi) is 7.41. The molecule has 1 unspecified atom stereocenters. The number of halogens is 2. The first-order valence-corrected chi connectivity index (χ1v) is 10.3. The van der Waals surface area contributed by atoms with Gasteiger partial charge in [0.1, 0.15) is 17.2 Å². The normalized spacial score (nSPS) is 13.7.